The molecular weight excluding hydrogens is 314 g/mol. The van der Waals surface area contributed by atoms with Gasteiger partial charge < -0.3 is 11.1 Å². The summed E-state index contributed by atoms with van der Waals surface area (Å²) >= 11 is 3.47. The van der Waals surface area contributed by atoms with Crippen LogP contribution in [0.5, 0.6) is 0 Å². The number of anilines is 1. The first kappa shape index (κ1) is 15.0. The Kier molecular flexibility index (Phi) is 5.56. The van der Waals surface area contributed by atoms with Crippen LogP contribution in [0.2, 0.25) is 0 Å². The molecule has 0 saturated heterocycles. The Labute approximate surface area is 128 Å². The van der Waals surface area contributed by atoms with Gasteiger partial charge in [-0.25, -0.2) is 0 Å². The molecule has 1 aromatic carbocycles. The van der Waals surface area contributed by atoms with Gasteiger partial charge in [0, 0.05) is 28.6 Å². The summed E-state index contributed by atoms with van der Waals surface area (Å²) < 4.78 is 1.11. The monoisotopic (exact) mass is 333 g/mol. The van der Waals surface area contributed by atoms with Gasteiger partial charge in [-0.05, 0) is 48.7 Å². The zero-order valence-electron chi connectivity index (χ0n) is 11.6. The smallest absolute Gasteiger partial charge is 0.0378 e. The minimum absolute atomic E-state index is 0.368. The van der Waals surface area contributed by atoms with Crippen LogP contribution in [0.25, 0.3) is 0 Å². The number of pyridine rings is 1. The van der Waals surface area contributed by atoms with Crippen molar-refractivity contribution < 1.29 is 0 Å². The maximum Gasteiger partial charge on any atom is 0.0378 e. The number of rotatable bonds is 6. The van der Waals surface area contributed by atoms with E-state index in [4.69, 9.17) is 5.73 Å². The summed E-state index contributed by atoms with van der Waals surface area (Å²) in [6, 6.07) is 10.7. The topological polar surface area (TPSA) is 50.9 Å². The summed E-state index contributed by atoms with van der Waals surface area (Å²) in [5.41, 5.74) is 9.25. The second kappa shape index (κ2) is 7.41. The van der Waals surface area contributed by atoms with E-state index in [9.17, 15) is 0 Å². The van der Waals surface area contributed by atoms with Crippen molar-refractivity contribution >= 4 is 21.6 Å². The predicted molar refractivity (Wildman–Crippen MR) is 87.7 cm³/mol. The second-order valence-electron chi connectivity index (χ2n) is 4.86. The van der Waals surface area contributed by atoms with Crippen LogP contribution in [-0.2, 0) is 12.8 Å². The van der Waals surface area contributed by atoms with Crippen molar-refractivity contribution in [2.45, 2.75) is 25.8 Å². The van der Waals surface area contributed by atoms with Crippen molar-refractivity contribution in [3.05, 3.63) is 58.3 Å². The third kappa shape index (κ3) is 4.32. The lowest BCUT2D eigenvalue weighted by atomic mass is 9.99. The van der Waals surface area contributed by atoms with Crippen molar-refractivity contribution in [3.8, 4) is 0 Å². The first-order chi connectivity index (χ1) is 9.69. The highest BCUT2D eigenvalue weighted by Crippen LogP contribution is 2.16. The van der Waals surface area contributed by atoms with Crippen molar-refractivity contribution in [2.75, 3.05) is 12.3 Å². The van der Waals surface area contributed by atoms with Gasteiger partial charge in [0.25, 0.3) is 0 Å². The lowest BCUT2D eigenvalue weighted by molar-refractivity contribution is 0.521. The third-order valence-corrected chi connectivity index (χ3v) is 3.82. The molecule has 3 N–H and O–H groups in total. The van der Waals surface area contributed by atoms with E-state index in [-0.39, 0.29) is 0 Å². The number of nitrogens with two attached hydrogens (primary N) is 1. The highest BCUT2D eigenvalue weighted by molar-refractivity contribution is 9.10. The number of nitrogens with zero attached hydrogens (tertiary/aromatic N) is 1. The third-order valence-electron chi connectivity index (χ3n) is 3.30. The van der Waals surface area contributed by atoms with Crippen LogP contribution in [0, 0.1) is 0 Å². The maximum atomic E-state index is 6.00. The fourth-order valence-electron chi connectivity index (χ4n) is 2.28. The average Bonchev–Trinajstić information content (AvgIpc) is 2.44. The zero-order chi connectivity index (χ0) is 14.4. The van der Waals surface area contributed by atoms with Crippen LogP contribution in [0.4, 0.5) is 5.69 Å². The number of hydrogen-bond acceptors (Lipinski definition) is 3. The minimum atomic E-state index is 0.368. The zero-order valence-corrected chi connectivity index (χ0v) is 13.2. The summed E-state index contributed by atoms with van der Waals surface area (Å²) in [5, 5.41) is 3.53. The average molecular weight is 334 g/mol. The van der Waals surface area contributed by atoms with Gasteiger partial charge in [-0.3, -0.25) is 4.98 Å². The lowest BCUT2D eigenvalue weighted by Crippen LogP contribution is -2.33. The minimum Gasteiger partial charge on any atom is -0.398 e. The van der Waals surface area contributed by atoms with Gasteiger partial charge in [-0.1, -0.05) is 35.0 Å². The van der Waals surface area contributed by atoms with E-state index in [0.717, 1.165) is 35.1 Å². The fraction of sp³-hybridized carbons (Fsp3) is 0.312. The largest absolute Gasteiger partial charge is 0.398 e. The summed E-state index contributed by atoms with van der Waals surface area (Å²) in [6.07, 6.45) is 5.47. The second-order valence-corrected chi connectivity index (χ2v) is 5.78. The summed E-state index contributed by atoms with van der Waals surface area (Å²) in [5.74, 6) is 0. The standard InChI is InChI=1S/C16H20BrN3/c1-2-20-15(9-12-3-5-14(17)6-4-12)10-13-11-19-8-7-16(13)18/h3-8,11,15,20H,2,9-10H2,1H3,(H2,18,19). The maximum absolute atomic E-state index is 6.00. The van der Waals surface area contributed by atoms with Gasteiger partial charge >= 0.3 is 0 Å². The molecule has 0 saturated carbocycles. The van der Waals surface area contributed by atoms with Crippen molar-refractivity contribution in [3.63, 3.8) is 0 Å². The molecule has 0 amide bonds. The number of likely N-dealkylation sites (N-methyl/N-ethyl adjacent to an activating group) is 1. The molecule has 3 nitrogen and oxygen atoms in total. The number of aromatic nitrogens is 1. The SMILES string of the molecule is CCNC(Cc1ccc(Br)cc1)Cc1cnccc1N. The molecule has 20 heavy (non-hydrogen) atoms. The number of nitrogens with one attached hydrogen (secondary N) is 1. The molecule has 0 aliphatic rings. The Balaban J connectivity index is 2.07. The van der Waals surface area contributed by atoms with E-state index in [2.05, 4.69) is 57.4 Å². The molecule has 1 unspecified atom stereocenters. The lowest BCUT2D eigenvalue weighted by Gasteiger charge is -2.19. The van der Waals surface area contributed by atoms with Crippen molar-refractivity contribution in [2.24, 2.45) is 0 Å². The molecule has 0 spiro atoms. The quantitative estimate of drug-likeness (QED) is 0.853. The molecule has 0 aliphatic heterocycles. The molecule has 0 aliphatic carbocycles. The first-order valence-corrected chi connectivity index (χ1v) is 7.64. The van der Waals surface area contributed by atoms with E-state index >= 15 is 0 Å². The summed E-state index contributed by atoms with van der Waals surface area (Å²) in [7, 11) is 0. The molecule has 2 rings (SSSR count). The van der Waals surface area contributed by atoms with E-state index in [1.54, 1.807) is 6.20 Å². The molecule has 0 fully saturated rings. The van der Waals surface area contributed by atoms with Crippen LogP contribution in [0.15, 0.2) is 47.2 Å². The first-order valence-electron chi connectivity index (χ1n) is 6.85. The van der Waals surface area contributed by atoms with Gasteiger partial charge in [-0.15, -0.1) is 0 Å². The van der Waals surface area contributed by atoms with Crippen LogP contribution in [0.3, 0.4) is 0 Å². The van der Waals surface area contributed by atoms with Crippen molar-refractivity contribution in [1.29, 1.82) is 0 Å². The molecule has 1 aromatic heterocycles. The summed E-state index contributed by atoms with van der Waals surface area (Å²) in [6.45, 7) is 3.07. The molecule has 1 atom stereocenters. The number of hydrogen-bond donors (Lipinski definition) is 2. The van der Waals surface area contributed by atoms with Crippen LogP contribution >= 0.6 is 15.9 Å². The van der Waals surface area contributed by atoms with Gasteiger partial charge in [0.15, 0.2) is 0 Å². The molecule has 1 heterocycles. The van der Waals surface area contributed by atoms with Gasteiger partial charge in [0.05, 0.1) is 0 Å². The molecule has 106 valence electrons. The Bertz CT molecular complexity index is 540. The van der Waals surface area contributed by atoms with Crippen LogP contribution in [-0.4, -0.2) is 17.6 Å². The Morgan fingerprint density at radius 1 is 1.20 bits per heavy atom. The van der Waals surface area contributed by atoms with E-state index < -0.39 is 0 Å². The van der Waals surface area contributed by atoms with Crippen molar-refractivity contribution in [1.82, 2.24) is 10.3 Å². The van der Waals surface area contributed by atoms with Gasteiger partial charge in [0.2, 0.25) is 0 Å². The Morgan fingerprint density at radius 3 is 2.60 bits per heavy atom. The highest BCUT2D eigenvalue weighted by Gasteiger charge is 2.11. The molecule has 0 radical (unpaired) electrons. The fourth-order valence-corrected chi connectivity index (χ4v) is 2.55. The summed E-state index contributed by atoms with van der Waals surface area (Å²) in [4.78, 5) is 4.16. The van der Waals surface area contributed by atoms with E-state index in [1.165, 1.54) is 5.56 Å². The number of nitrogen functional groups attached to an aromatic ring is 1. The predicted octanol–water partition coefficient (Wildman–Crippen LogP) is 3.19. The number of benzene rings is 1. The molecule has 4 heteroatoms. The molecule has 0 bridgehead atoms. The molecule has 2 aromatic rings. The van der Waals surface area contributed by atoms with Gasteiger partial charge in [-0.2, -0.15) is 0 Å². The van der Waals surface area contributed by atoms with E-state index in [1.807, 2.05) is 12.3 Å². The molecular formula is C16H20BrN3. The Morgan fingerprint density at radius 2 is 1.95 bits per heavy atom. The Hall–Kier alpha value is -1.39. The van der Waals surface area contributed by atoms with E-state index in [0.29, 0.717) is 6.04 Å². The highest BCUT2D eigenvalue weighted by atomic mass is 79.9. The number of halogens is 1. The normalized spacial score (nSPS) is 12.3. The van der Waals surface area contributed by atoms with Crippen LogP contribution < -0.4 is 11.1 Å². The van der Waals surface area contributed by atoms with Gasteiger partial charge in [0.1, 0.15) is 0 Å². The van der Waals surface area contributed by atoms with Crippen LogP contribution in [0.1, 0.15) is 18.1 Å².